The Bertz CT molecular complexity index is 558. The maximum atomic E-state index is 13.0. The monoisotopic (exact) mass is 297 g/mol. The molecular weight excluding hydrogens is 284 g/mol. The largest absolute Gasteiger partial charge is 0.312 e. The first-order valence-electron chi connectivity index (χ1n) is 6.04. The molecule has 2 aromatic carbocycles. The van der Waals surface area contributed by atoms with Gasteiger partial charge in [-0.05, 0) is 48.4 Å². The van der Waals surface area contributed by atoms with Crippen molar-refractivity contribution in [1.82, 2.24) is 5.32 Å². The molecule has 0 aliphatic carbocycles. The zero-order chi connectivity index (χ0) is 13.7. The fourth-order valence-electron chi connectivity index (χ4n) is 1.81. The van der Waals surface area contributed by atoms with Crippen molar-refractivity contribution in [3.63, 3.8) is 0 Å². The number of hydrogen-bond acceptors (Lipinski definition) is 1. The summed E-state index contributed by atoms with van der Waals surface area (Å²) in [5, 5.41) is 4.57. The van der Waals surface area contributed by atoms with E-state index >= 15 is 0 Å². The standard InChI is InChI=1S/C15H14Cl2FN/c16-13-5-4-12(15(17)9-13)10-19-7-6-11-2-1-3-14(18)8-11/h1-5,8-9,19H,6-7,10H2. The molecule has 2 rings (SSSR count). The van der Waals surface area contributed by atoms with Crippen molar-refractivity contribution in [3.8, 4) is 0 Å². The van der Waals surface area contributed by atoms with E-state index in [9.17, 15) is 4.39 Å². The zero-order valence-electron chi connectivity index (χ0n) is 10.3. The van der Waals surface area contributed by atoms with Crippen molar-refractivity contribution >= 4 is 23.2 Å². The summed E-state index contributed by atoms with van der Waals surface area (Å²) in [5.41, 5.74) is 1.99. The predicted molar refractivity (Wildman–Crippen MR) is 78.3 cm³/mol. The van der Waals surface area contributed by atoms with Gasteiger partial charge in [-0.3, -0.25) is 0 Å². The minimum Gasteiger partial charge on any atom is -0.312 e. The van der Waals surface area contributed by atoms with E-state index in [0.717, 1.165) is 24.1 Å². The second-order valence-corrected chi connectivity index (χ2v) is 5.14. The Morgan fingerprint density at radius 3 is 2.63 bits per heavy atom. The van der Waals surface area contributed by atoms with Gasteiger partial charge in [-0.25, -0.2) is 4.39 Å². The van der Waals surface area contributed by atoms with E-state index < -0.39 is 0 Å². The summed E-state index contributed by atoms with van der Waals surface area (Å²) in [4.78, 5) is 0. The molecule has 2 aromatic rings. The highest BCUT2D eigenvalue weighted by atomic mass is 35.5. The molecule has 0 bridgehead atoms. The summed E-state index contributed by atoms with van der Waals surface area (Å²) in [5.74, 6) is -0.196. The van der Waals surface area contributed by atoms with Crippen LogP contribution in [0.15, 0.2) is 42.5 Å². The molecule has 0 unspecified atom stereocenters. The fourth-order valence-corrected chi connectivity index (χ4v) is 2.29. The minimum atomic E-state index is -0.196. The number of hydrogen-bond donors (Lipinski definition) is 1. The van der Waals surface area contributed by atoms with Crippen molar-refractivity contribution in [1.29, 1.82) is 0 Å². The van der Waals surface area contributed by atoms with Crippen LogP contribution in [0.5, 0.6) is 0 Å². The SMILES string of the molecule is Fc1cccc(CCNCc2ccc(Cl)cc2Cl)c1. The first kappa shape index (κ1) is 14.3. The number of benzene rings is 2. The minimum absolute atomic E-state index is 0.196. The summed E-state index contributed by atoms with van der Waals surface area (Å²) >= 11 is 11.9. The van der Waals surface area contributed by atoms with E-state index in [2.05, 4.69) is 5.32 Å². The maximum Gasteiger partial charge on any atom is 0.123 e. The average molecular weight is 298 g/mol. The quantitative estimate of drug-likeness (QED) is 0.803. The number of nitrogens with one attached hydrogen (secondary N) is 1. The van der Waals surface area contributed by atoms with Crippen LogP contribution in [0, 0.1) is 5.82 Å². The summed E-state index contributed by atoms with van der Waals surface area (Å²) in [6.45, 7) is 1.44. The lowest BCUT2D eigenvalue weighted by Crippen LogP contribution is -2.16. The van der Waals surface area contributed by atoms with Gasteiger partial charge in [0.15, 0.2) is 0 Å². The molecule has 0 atom stereocenters. The second kappa shape index (κ2) is 6.90. The zero-order valence-corrected chi connectivity index (χ0v) is 11.8. The van der Waals surface area contributed by atoms with Crippen LogP contribution in [0.1, 0.15) is 11.1 Å². The summed E-state index contributed by atoms with van der Waals surface area (Å²) in [7, 11) is 0. The molecule has 0 saturated carbocycles. The van der Waals surface area contributed by atoms with Crippen LogP contribution in [-0.2, 0) is 13.0 Å². The van der Waals surface area contributed by atoms with Gasteiger partial charge in [-0.2, -0.15) is 0 Å². The maximum absolute atomic E-state index is 13.0. The Hall–Kier alpha value is -1.09. The van der Waals surface area contributed by atoms with E-state index in [1.807, 2.05) is 18.2 Å². The molecule has 19 heavy (non-hydrogen) atoms. The van der Waals surface area contributed by atoms with E-state index in [1.54, 1.807) is 18.2 Å². The average Bonchev–Trinajstić information content (AvgIpc) is 2.37. The first-order chi connectivity index (χ1) is 9.15. The Morgan fingerprint density at radius 1 is 1.05 bits per heavy atom. The smallest absolute Gasteiger partial charge is 0.123 e. The fraction of sp³-hybridized carbons (Fsp3) is 0.200. The van der Waals surface area contributed by atoms with Crippen molar-refractivity contribution in [2.45, 2.75) is 13.0 Å². The van der Waals surface area contributed by atoms with Crippen LogP contribution in [0.4, 0.5) is 4.39 Å². The van der Waals surface area contributed by atoms with Crippen LogP contribution in [0.3, 0.4) is 0 Å². The Kier molecular flexibility index (Phi) is 5.20. The molecule has 0 amide bonds. The van der Waals surface area contributed by atoms with Gasteiger partial charge < -0.3 is 5.32 Å². The van der Waals surface area contributed by atoms with Gasteiger partial charge in [0, 0.05) is 16.6 Å². The number of rotatable bonds is 5. The Labute approximate surface area is 122 Å². The number of halogens is 3. The van der Waals surface area contributed by atoms with E-state index in [0.29, 0.717) is 16.6 Å². The van der Waals surface area contributed by atoms with Gasteiger partial charge in [-0.1, -0.05) is 41.4 Å². The molecule has 100 valence electrons. The molecule has 4 heteroatoms. The third-order valence-corrected chi connectivity index (χ3v) is 3.40. The van der Waals surface area contributed by atoms with E-state index in [-0.39, 0.29) is 5.82 Å². The summed E-state index contributed by atoms with van der Waals surface area (Å²) in [6.07, 6.45) is 0.781. The highest BCUT2D eigenvalue weighted by Crippen LogP contribution is 2.20. The molecule has 0 aliphatic rings. The highest BCUT2D eigenvalue weighted by molar-refractivity contribution is 6.35. The molecular formula is C15H14Cl2FN. The molecule has 0 radical (unpaired) electrons. The molecule has 0 saturated heterocycles. The van der Waals surface area contributed by atoms with Crippen molar-refractivity contribution in [2.75, 3.05) is 6.54 Å². The Morgan fingerprint density at radius 2 is 1.89 bits per heavy atom. The van der Waals surface area contributed by atoms with Gasteiger partial charge in [0.25, 0.3) is 0 Å². The molecule has 1 N–H and O–H groups in total. The lowest BCUT2D eigenvalue weighted by Gasteiger charge is -2.07. The van der Waals surface area contributed by atoms with Gasteiger partial charge in [-0.15, -0.1) is 0 Å². The van der Waals surface area contributed by atoms with Crippen LogP contribution in [0.2, 0.25) is 10.0 Å². The lowest BCUT2D eigenvalue weighted by molar-refractivity contribution is 0.622. The van der Waals surface area contributed by atoms with Crippen LogP contribution >= 0.6 is 23.2 Å². The van der Waals surface area contributed by atoms with Crippen molar-refractivity contribution < 1.29 is 4.39 Å². The summed E-state index contributed by atoms with van der Waals surface area (Å²) in [6, 6.07) is 12.1. The molecule has 0 fully saturated rings. The van der Waals surface area contributed by atoms with Crippen LogP contribution in [0.25, 0.3) is 0 Å². The van der Waals surface area contributed by atoms with Gasteiger partial charge >= 0.3 is 0 Å². The topological polar surface area (TPSA) is 12.0 Å². The molecule has 0 aromatic heterocycles. The predicted octanol–water partition coefficient (Wildman–Crippen LogP) is 4.46. The lowest BCUT2D eigenvalue weighted by atomic mass is 10.1. The van der Waals surface area contributed by atoms with E-state index in [1.165, 1.54) is 6.07 Å². The molecule has 0 aliphatic heterocycles. The third kappa shape index (κ3) is 4.50. The second-order valence-electron chi connectivity index (χ2n) is 4.29. The van der Waals surface area contributed by atoms with Crippen molar-refractivity contribution in [3.05, 3.63) is 69.5 Å². The van der Waals surface area contributed by atoms with Gasteiger partial charge in [0.1, 0.15) is 5.82 Å². The van der Waals surface area contributed by atoms with E-state index in [4.69, 9.17) is 23.2 Å². The Balaban J connectivity index is 1.81. The first-order valence-corrected chi connectivity index (χ1v) is 6.80. The van der Waals surface area contributed by atoms with Gasteiger partial charge in [0.2, 0.25) is 0 Å². The molecule has 0 heterocycles. The highest BCUT2D eigenvalue weighted by Gasteiger charge is 2.01. The normalized spacial score (nSPS) is 10.7. The van der Waals surface area contributed by atoms with Gasteiger partial charge in [0.05, 0.1) is 0 Å². The van der Waals surface area contributed by atoms with Crippen LogP contribution in [-0.4, -0.2) is 6.54 Å². The molecule has 1 nitrogen and oxygen atoms in total. The van der Waals surface area contributed by atoms with Crippen molar-refractivity contribution in [2.24, 2.45) is 0 Å². The molecule has 0 spiro atoms. The third-order valence-electron chi connectivity index (χ3n) is 2.81. The van der Waals surface area contributed by atoms with Crippen LogP contribution < -0.4 is 5.32 Å². The summed E-state index contributed by atoms with van der Waals surface area (Å²) < 4.78 is 13.0.